The maximum Gasteiger partial charge on any atom is 0.146 e. The van der Waals surface area contributed by atoms with E-state index < -0.39 is 23.5 Å². The number of anilines is 1. The van der Waals surface area contributed by atoms with Gasteiger partial charge in [-0.05, 0) is 37.6 Å². The van der Waals surface area contributed by atoms with Gasteiger partial charge in [0.05, 0.1) is 11.7 Å². The summed E-state index contributed by atoms with van der Waals surface area (Å²) in [5.41, 5.74) is 1.40. The molecule has 0 aliphatic heterocycles. The van der Waals surface area contributed by atoms with Crippen LogP contribution in [-0.2, 0) is 0 Å². The van der Waals surface area contributed by atoms with Gasteiger partial charge in [0.25, 0.3) is 0 Å². The molecule has 0 aromatic heterocycles. The summed E-state index contributed by atoms with van der Waals surface area (Å²) in [5.74, 6) is -1.67. The number of nitrogens with one attached hydrogen (secondary N) is 1. The second kappa shape index (κ2) is 5.34. The summed E-state index contributed by atoms with van der Waals surface area (Å²) in [6, 6.07) is 7.66. The minimum atomic E-state index is -0.646. The number of benzene rings is 2. The first-order valence-electron chi connectivity index (χ1n) is 5.95. The van der Waals surface area contributed by atoms with Crippen molar-refractivity contribution in [3.63, 3.8) is 0 Å². The van der Waals surface area contributed by atoms with Gasteiger partial charge in [-0.25, -0.2) is 13.2 Å². The van der Waals surface area contributed by atoms with E-state index in [0.717, 1.165) is 11.6 Å². The monoisotopic (exact) mass is 265 g/mol. The van der Waals surface area contributed by atoms with Crippen LogP contribution in [0.1, 0.15) is 24.1 Å². The second-order valence-corrected chi connectivity index (χ2v) is 4.52. The lowest BCUT2D eigenvalue weighted by Crippen LogP contribution is -2.10. The SMILES string of the molecule is Cc1ccc(NC(C)c2ccc(F)cc2F)c(F)c1. The van der Waals surface area contributed by atoms with Gasteiger partial charge in [0.2, 0.25) is 0 Å². The first-order valence-corrected chi connectivity index (χ1v) is 5.95. The normalized spacial score (nSPS) is 12.3. The Labute approximate surface area is 110 Å². The molecule has 0 fully saturated rings. The highest BCUT2D eigenvalue weighted by molar-refractivity contribution is 5.48. The molecule has 1 unspecified atom stereocenters. The van der Waals surface area contributed by atoms with Gasteiger partial charge < -0.3 is 5.32 Å². The summed E-state index contributed by atoms with van der Waals surface area (Å²) in [6.45, 7) is 3.48. The van der Waals surface area contributed by atoms with E-state index in [1.807, 2.05) is 0 Å². The molecule has 1 N–H and O–H groups in total. The van der Waals surface area contributed by atoms with Gasteiger partial charge in [-0.3, -0.25) is 0 Å². The molecule has 0 saturated carbocycles. The summed E-state index contributed by atoms with van der Waals surface area (Å²) < 4.78 is 40.1. The number of rotatable bonds is 3. The molecule has 1 nitrogen and oxygen atoms in total. The van der Waals surface area contributed by atoms with Crippen molar-refractivity contribution in [2.24, 2.45) is 0 Å². The predicted octanol–water partition coefficient (Wildman–Crippen LogP) is 4.59. The van der Waals surface area contributed by atoms with Crippen molar-refractivity contribution >= 4 is 5.69 Å². The molecule has 4 heteroatoms. The van der Waals surface area contributed by atoms with Crippen LogP contribution in [0.25, 0.3) is 0 Å². The molecule has 0 radical (unpaired) electrons. The summed E-state index contributed by atoms with van der Waals surface area (Å²) in [4.78, 5) is 0. The summed E-state index contributed by atoms with van der Waals surface area (Å²) in [6.07, 6.45) is 0. The van der Waals surface area contributed by atoms with E-state index in [1.165, 1.54) is 18.2 Å². The van der Waals surface area contributed by atoms with E-state index in [1.54, 1.807) is 26.0 Å². The molecule has 0 saturated heterocycles. The van der Waals surface area contributed by atoms with Crippen molar-refractivity contribution in [2.45, 2.75) is 19.9 Å². The Bertz CT molecular complexity index is 596. The number of halogens is 3. The first kappa shape index (κ1) is 13.5. The molecule has 19 heavy (non-hydrogen) atoms. The van der Waals surface area contributed by atoms with Gasteiger partial charge in [-0.1, -0.05) is 12.1 Å². The Balaban J connectivity index is 2.23. The molecule has 2 rings (SSSR count). The highest BCUT2D eigenvalue weighted by Crippen LogP contribution is 2.24. The zero-order chi connectivity index (χ0) is 14.0. The Morgan fingerprint density at radius 1 is 0.947 bits per heavy atom. The third-order valence-corrected chi connectivity index (χ3v) is 2.93. The Kier molecular flexibility index (Phi) is 3.79. The molecule has 0 bridgehead atoms. The fourth-order valence-electron chi connectivity index (χ4n) is 1.90. The minimum Gasteiger partial charge on any atom is -0.376 e. The van der Waals surface area contributed by atoms with Gasteiger partial charge in [0.1, 0.15) is 17.5 Å². The van der Waals surface area contributed by atoms with E-state index in [0.29, 0.717) is 11.3 Å². The van der Waals surface area contributed by atoms with Gasteiger partial charge in [0.15, 0.2) is 0 Å². The molecule has 0 spiro atoms. The number of aryl methyl sites for hydroxylation is 1. The fourth-order valence-corrected chi connectivity index (χ4v) is 1.90. The zero-order valence-corrected chi connectivity index (χ0v) is 10.7. The molecule has 0 aliphatic rings. The molecular weight excluding hydrogens is 251 g/mol. The topological polar surface area (TPSA) is 12.0 Å². The van der Waals surface area contributed by atoms with Gasteiger partial charge in [-0.15, -0.1) is 0 Å². The third-order valence-electron chi connectivity index (χ3n) is 2.93. The van der Waals surface area contributed by atoms with Crippen LogP contribution in [0.15, 0.2) is 36.4 Å². The Morgan fingerprint density at radius 3 is 2.32 bits per heavy atom. The third kappa shape index (κ3) is 3.08. The van der Waals surface area contributed by atoms with Gasteiger partial charge >= 0.3 is 0 Å². The average Bonchev–Trinajstić information content (AvgIpc) is 2.32. The van der Waals surface area contributed by atoms with Crippen molar-refractivity contribution in [2.75, 3.05) is 5.32 Å². The van der Waals surface area contributed by atoms with Crippen molar-refractivity contribution in [1.82, 2.24) is 0 Å². The van der Waals surface area contributed by atoms with Crippen LogP contribution in [-0.4, -0.2) is 0 Å². The molecular formula is C15H14F3N. The largest absolute Gasteiger partial charge is 0.376 e. The molecule has 0 aliphatic carbocycles. The van der Waals surface area contributed by atoms with Crippen molar-refractivity contribution in [3.05, 3.63) is 65.0 Å². The standard InChI is InChI=1S/C15H14F3N/c1-9-3-6-15(14(18)7-9)19-10(2)12-5-4-11(16)8-13(12)17/h3-8,10,19H,1-2H3. The smallest absolute Gasteiger partial charge is 0.146 e. The lowest BCUT2D eigenvalue weighted by molar-refractivity contribution is 0.565. The molecule has 2 aromatic rings. The Morgan fingerprint density at radius 2 is 1.68 bits per heavy atom. The molecule has 0 heterocycles. The zero-order valence-electron chi connectivity index (χ0n) is 10.7. The van der Waals surface area contributed by atoms with Crippen LogP contribution < -0.4 is 5.32 Å². The second-order valence-electron chi connectivity index (χ2n) is 4.52. The lowest BCUT2D eigenvalue weighted by Gasteiger charge is -2.17. The Hall–Kier alpha value is -1.97. The highest BCUT2D eigenvalue weighted by Gasteiger charge is 2.13. The summed E-state index contributed by atoms with van der Waals surface area (Å²) in [5, 5.41) is 2.88. The molecule has 1 atom stereocenters. The summed E-state index contributed by atoms with van der Waals surface area (Å²) >= 11 is 0. The van der Waals surface area contributed by atoms with Crippen LogP contribution >= 0.6 is 0 Å². The lowest BCUT2D eigenvalue weighted by atomic mass is 10.1. The number of hydrogen-bond acceptors (Lipinski definition) is 1. The van der Waals surface area contributed by atoms with E-state index in [9.17, 15) is 13.2 Å². The van der Waals surface area contributed by atoms with Gasteiger partial charge in [0, 0.05) is 11.6 Å². The quantitative estimate of drug-likeness (QED) is 0.856. The van der Waals surface area contributed by atoms with E-state index >= 15 is 0 Å². The molecule has 100 valence electrons. The predicted molar refractivity (Wildman–Crippen MR) is 69.5 cm³/mol. The van der Waals surface area contributed by atoms with Crippen LogP contribution in [0.3, 0.4) is 0 Å². The van der Waals surface area contributed by atoms with Gasteiger partial charge in [-0.2, -0.15) is 0 Å². The van der Waals surface area contributed by atoms with Crippen molar-refractivity contribution in [1.29, 1.82) is 0 Å². The number of hydrogen-bond donors (Lipinski definition) is 1. The van der Waals surface area contributed by atoms with Crippen LogP contribution in [0.2, 0.25) is 0 Å². The fraction of sp³-hybridized carbons (Fsp3) is 0.200. The van der Waals surface area contributed by atoms with E-state index in [4.69, 9.17) is 0 Å². The van der Waals surface area contributed by atoms with Crippen molar-refractivity contribution < 1.29 is 13.2 Å². The van der Waals surface area contributed by atoms with Crippen LogP contribution in [0.5, 0.6) is 0 Å². The molecule has 0 amide bonds. The first-order chi connectivity index (χ1) is 8.97. The average molecular weight is 265 g/mol. The van der Waals surface area contributed by atoms with E-state index in [2.05, 4.69) is 5.32 Å². The highest BCUT2D eigenvalue weighted by atomic mass is 19.1. The van der Waals surface area contributed by atoms with Crippen LogP contribution in [0.4, 0.5) is 18.9 Å². The minimum absolute atomic E-state index is 0.293. The summed E-state index contributed by atoms with van der Waals surface area (Å²) in [7, 11) is 0. The van der Waals surface area contributed by atoms with Crippen LogP contribution in [0, 0.1) is 24.4 Å². The molecule has 2 aromatic carbocycles. The van der Waals surface area contributed by atoms with E-state index in [-0.39, 0.29) is 0 Å². The maximum atomic E-state index is 13.7. The maximum absolute atomic E-state index is 13.7. The van der Waals surface area contributed by atoms with Crippen molar-refractivity contribution in [3.8, 4) is 0 Å².